The number of nitrogens with zero attached hydrogens (tertiary/aromatic N) is 2. The van der Waals surface area contributed by atoms with Crippen molar-refractivity contribution >= 4 is 5.84 Å². The maximum atomic E-state index is 12.8. The molecular weight excluding hydrogens is 207 g/mol. The monoisotopic (exact) mass is 222 g/mol. The fourth-order valence-electron chi connectivity index (χ4n) is 2.08. The Kier molecular flexibility index (Phi) is 3.05. The normalized spacial score (nSPS) is 23.8. The Hall–Kier alpha value is -1.62. The fraction of sp³-hybridized carbons (Fsp3) is 0.364. The van der Waals surface area contributed by atoms with E-state index in [2.05, 4.69) is 5.10 Å². The van der Waals surface area contributed by atoms with Gasteiger partial charge in [-0.1, -0.05) is 12.1 Å². The third-order valence-corrected chi connectivity index (χ3v) is 2.90. The van der Waals surface area contributed by atoms with Crippen LogP contribution in [0.5, 0.6) is 0 Å². The Morgan fingerprint density at radius 2 is 2.00 bits per heavy atom. The molecule has 5 heteroatoms. The molecule has 0 spiro atoms. The molecule has 4 nitrogen and oxygen atoms in total. The number of nitrogens with two attached hydrogens (primary N) is 2. The van der Waals surface area contributed by atoms with Gasteiger partial charge < -0.3 is 5.84 Å². The summed E-state index contributed by atoms with van der Waals surface area (Å²) in [5.74, 6) is 11.6. The van der Waals surface area contributed by atoms with E-state index >= 15 is 0 Å². The quantitative estimate of drug-likeness (QED) is 0.553. The highest BCUT2D eigenvalue weighted by atomic mass is 19.1. The highest BCUT2D eigenvalue weighted by Gasteiger charge is 2.26. The second-order valence-corrected chi connectivity index (χ2v) is 3.93. The van der Waals surface area contributed by atoms with Crippen LogP contribution in [-0.4, -0.2) is 17.4 Å². The van der Waals surface area contributed by atoms with Crippen molar-refractivity contribution in [3.05, 3.63) is 35.6 Å². The fourth-order valence-corrected chi connectivity index (χ4v) is 2.08. The number of hydrogen-bond acceptors (Lipinski definition) is 3. The third-order valence-electron chi connectivity index (χ3n) is 2.90. The van der Waals surface area contributed by atoms with Gasteiger partial charge in [0.25, 0.3) is 0 Å². The lowest BCUT2D eigenvalue weighted by atomic mass is 9.90. The Labute approximate surface area is 93.7 Å². The first kappa shape index (κ1) is 10.9. The maximum absolute atomic E-state index is 12.8. The van der Waals surface area contributed by atoms with Crippen LogP contribution < -0.4 is 11.7 Å². The van der Waals surface area contributed by atoms with Crippen LogP contribution in [0.2, 0.25) is 0 Å². The molecular formula is C11H15FN4. The van der Waals surface area contributed by atoms with Gasteiger partial charge in [-0.3, -0.25) is 5.01 Å². The van der Waals surface area contributed by atoms with Crippen molar-refractivity contribution in [3.8, 4) is 0 Å². The van der Waals surface area contributed by atoms with Crippen molar-refractivity contribution in [2.45, 2.75) is 18.8 Å². The van der Waals surface area contributed by atoms with Crippen LogP contribution in [-0.2, 0) is 0 Å². The number of hydrogen-bond donors (Lipinski definition) is 2. The van der Waals surface area contributed by atoms with Gasteiger partial charge >= 0.3 is 0 Å². The van der Waals surface area contributed by atoms with Crippen molar-refractivity contribution in [1.29, 1.82) is 0 Å². The van der Waals surface area contributed by atoms with Crippen molar-refractivity contribution < 1.29 is 4.39 Å². The lowest BCUT2D eigenvalue weighted by Gasteiger charge is -2.31. The lowest BCUT2D eigenvalue weighted by molar-refractivity contribution is 0.366. The van der Waals surface area contributed by atoms with Gasteiger partial charge in [-0.25, -0.2) is 10.2 Å². The van der Waals surface area contributed by atoms with Gasteiger partial charge in [0, 0.05) is 12.5 Å². The number of benzene rings is 1. The molecule has 1 atom stereocenters. The van der Waals surface area contributed by atoms with Crippen LogP contribution in [0.3, 0.4) is 0 Å². The van der Waals surface area contributed by atoms with Crippen LogP contribution in [0.15, 0.2) is 29.4 Å². The molecule has 0 amide bonds. The average Bonchev–Trinajstić information content (AvgIpc) is 2.30. The van der Waals surface area contributed by atoms with Gasteiger partial charge in [-0.2, -0.15) is 5.10 Å². The number of piperidine rings is 1. The average molecular weight is 222 g/mol. The van der Waals surface area contributed by atoms with Gasteiger partial charge in [0.2, 0.25) is 0 Å². The molecule has 0 radical (unpaired) electrons. The summed E-state index contributed by atoms with van der Waals surface area (Å²) in [6.45, 7) is 0.758. The molecule has 1 aliphatic rings. The van der Waals surface area contributed by atoms with Gasteiger partial charge in [0.1, 0.15) is 11.7 Å². The van der Waals surface area contributed by atoms with Crippen LogP contribution in [0.4, 0.5) is 4.39 Å². The molecule has 4 N–H and O–H groups in total. The van der Waals surface area contributed by atoms with E-state index in [9.17, 15) is 4.39 Å². The summed E-state index contributed by atoms with van der Waals surface area (Å²) in [4.78, 5) is 0. The molecule has 2 rings (SSSR count). The van der Waals surface area contributed by atoms with Gasteiger partial charge in [0.05, 0.1) is 0 Å². The first-order valence-corrected chi connectivity index (χ1v) is 5.28. The number of rotatable bonds is 1. The van der Waals surface area contributed by atoms with E-state index in [-0.39, 0.29) is 11.7 Å². The van der Waals surface area contributed by atoms with Gasteiger partial charge in [-0.05, 0) is 30.5 Å². The molecule has 0 aliphatic carbocycles. The molecule has 1 fully saturated rings. The minimum Gasteiger partial charge on any atom is -0.322 e. The van der Waals surface area contributed by atoms with Crippen molar-refractivity contribution in [2.24, 2.45) is 16.8 Å². The molecule has 1 aliphatic heterocycles. The molecule has 1 unspecified atom stereocenters. The van der Waals surface area contributed by atoms with E-state index in [1.165, 1.54) is 12.1 Å². The second kappa shape index (κ2) is 4.49. The Bertz CT molecular complexity index is 387. The van der Waals surface area contributed by atoms with Crippen molar-refractivity contribution in [3.63, 3.8) is 0 Å². The number of hydrazine groups is 1. The van der Waals surface area contributed by atoms with Gasteiger partial charge in [-0.15, -0.1) is 0 Å². The van der Waals surface area contributed by atoms with E-state index in [1.54, 1.807) is 17.1 Å². The largest absolute Gasteiger partial charge is 0.322 e. The highest BCUT2D eigenvalue weighted by Crippen LogP contribution is 2.27. The molecule has 0 saturated carbocycles. The Morgan fingerprint density at radius 1 is 1.31 bits per heavy atom. The topological polar surface area (TPSA) is 67.6 Å². The Morgan fingerprint density at radius 3 is 2.62 bits per heavy atom. The minimum atomic E-state index is -0.240. The molecule has 1 aromatic carbocycles. The number of amidine groups is 1. The zero-order chi connectivity index (χ0) is 11.5. The van der Waals surface area contributed by atoms with E-state index in [0.29, 0.717) is 5.84 Å². The predicted molar refractivity (Wildman–Crippen MR) is 60.9 cm³/mol. The predicted octanol–water partition coefficient (Wildman–Crippen LogP) is 1.15. The lowest BCUT2D eigenvalue weighted by Crippen LogP contribution is -2.45. The molecule has 86 valence electrons. The number of halogens is 1. The summed E-state index contributed by atoms with van der Waals surface area (Å²) in [6.07, 6.45) is 1.92. The summed E-state index contributed by atoms with van der Waals surface area (Å²) in [6, 6.07) is 6.40. The summed E-state index contributed by atoms with van der Waals surface area (Å²) in [5.41, 5.74) is 1.00. The summed E-state index contributed by atoms with van der Waals surface area (Å²) in [7, 11) is 0. The van der Waals surface area contributed by atoms with Crippen LogP contribution in [0.1, 0.15) is 24.3 Å². The van der Waals surface area contributed by atoms with E-state index in [4.69, 9.17) is 11.7 Å². The van der Waals surface area contributed by atoms with Crippen LogP contribution >= 0.6 is 0 Å². The maximum Gasteiger partial charge on any atom is 0.146 e. The van der Waals surface area contributed by atoms with Gasteiger partial charge in [0.15, 0.2) is 0 Å². The Balaban J connectivity index is 2.28. The molecule has 0 bridgehead atoms. The zero-order valence-electron chi connectivity index (χ0n) is 8.94. The zero-order valence-corrected chi connectivity index (χ0v) is 8.94. The third kappa shape index (κ3) is 1.99. The van der Waals surface area contributed by atoms with E-state index in [1.807, 2.05) is 0 Å². The standard InChI is InChI=1S/C11H15FN4/c12-9-5-3-8(4-6-9)10-2-1-7-16(14)11(10)15-13/h3-6,10H,1-2,7,13-14H2/b15-11-. The second-order valence-electron chi connectivity index (χ2n) is 3.93. The summed E-state index contributed by atoms with van der Waals surface area (Å²) >= 11 is 0. The minimum absolute atomic E-state index is 0.0735. The van der Waals surface area contributed by atoms with Crippen LogP contribution in [0.25, 0.3) is 0 Å². The highest BCUT2D eigenvalue weighted by molar-refractivity contribution is 5.89. The van der Waals surface area contributed by atoms with E-state index < -0.39 is 0 Å². The van der Waals surface area contributed by atoms with Crippen molar-refractivity contribution in [1.82, 2.24) is 5.01 Å². The first-order chi connectivity index (χ1) is 7.72. The molecule has 1 heterocycles. The molecule has 1 saturated heterocycles. The molecule has 0 aromatic heterocycles. The van der Waals surface area contributed by atoms with E-state index in [0.717, 1.165) is 24.9 Å². The molecule has 1 aromatic rings. The van der Waals surface area contributed by atoms with Crippen molar-refractivity contribution in [2.75, 3.05) is 6.54 Å². The van der Waals surface area contributed by atoms with Crippen LogP contribution in [0, 0.1) is 5.82 Å². The summed E-state index contributed by atoms with van der Waals surface area (Å²) in [5, 5.41) is 5.30. The smallest absolute Gasteiger partial charge is 0.146 e. The summed E-state index contributed by atoms with van der Waals surface area (Å²) < 4.78 is 12.8. The number of hydrazone groups is 1. The SMILES string of the molecule is N/N=C1/C(c2ccc(F)cc2)CCCN1N. The first-order valence-electron chi connectivity index (χ1n) is 5.28. The molecule has 16 heavy (non-hydrogen) atoms.